The molecule has 0 aliphatic heterocycles. The highest BCUT2D eigenvalue weighted by Gasteiger charge is 2.31. The van der Waals surface area contributed by atoms with Crippen molar-refractivity contribution in [2.75, 3.05) is 0 Å². The van der Waals surface area contributed by atoms with Gasteiger partial charge in [0.1, 0.15) is 0 Å². The van der Waals surface area contributed by atoms with Crippen molar-refractivity contribution < 1.29 is 0 Å². The van der Waals surface area contributed by atoms with Crippen molar-refractivity contribution >= 4 is 11.6 Å². The fourth-order valence-electron chi connectivity index (χ4n) is 3.14. The zero-order chi connectivity index (χ0) is 13.7. The van der Waals surface area contributed by atoms with Crippen molar-refractivity contribution in [3.05, 3.63) is 29.0 Å². The minimum absolute atomic E-state index is 0.0618. The lowest BCUT2D eigenvalue weighted by atomic mass is 9.73. The van der Waals surface area contributed by atoms with Gasteiger partial charge in [-0.3, -0.25) is 4.98 Å². The number of rotatable bonds is 5. The number of halogens is 1. The van der Waals surface area contributed by atoms with Crippen LogP contribution in [0.5, 0.6) is 0 Å². The molecule has 0 saturated heterocycles. The minimum Gasteiger partial charge on any atom is -0.325 e. The number of nitrogens with two attached hydrogens (primary N) is 1. The second-order valence-corrected chi connectivity index (χ2v) is 6.50. The van der Waals surface area contributed by atoms with Crippen LogP contribution in [0.4, 0.5) is 0 Å². The Morgan fingerprint density at radius 1 is 1.42 bits per heavy atom. The van der Waals surface area contributed by atoms with E-state index in [1.54, 1.807) is 12.4 Å². The van der Waals surface area contributed by atoms with Gasteiger partial charge in [0.2, 0.25) is 0 Å². The van der Waals surface area contributed by atoms with Crippen LogP contribution in [0, 0.1) is 5.92 Å². The summed E-state index contributed by atoms with van der Waals surface area (Å²) in [6.07, 6.45) is 13.2. The molecule has 2 N–H and O–H groups in total. The normalized spacial score (nSPS) is 27.4. The Morgan fingerprint density at radius 3 is 2.79 bits per heavy atom. The standard InChI is InChI=1S/C16H25ClN2/c1-2-3-4-13-5-8-16(18,9-6-13)11-14-7-10-19-12-15(14)17/h7,10,12-13H,2-6,8-9,11,18H2,1H3. The fraction of sp³-hybridized carbons (Fsp3) is 0.688. The first-order valence-corrected chi connectivity index (χ1v) is 7.88. The van der Waals surface area contributed by atoms with E-state index < -0.39 is 0 Å². The highest BCUT2D eigenvalue weighted by atomic mass is 35.5. The summed E-state index contributed by atoms with van der Waals surface area (Å²) in [7, 11) is 0. The molecule has 1 aromatic heterocycles. The van der Waals surface area contributed by atoms with Crippen LogP contribution in [0.25, 0.3) is 0 Å². The van der Waals surface area contributed by atoms with Crippen LogP contribution in [0.15, 0.2) is 18.5 Å². The Labute approximate surface area is 121 Å². The average molecular weight is 281 g/mol. The van der Waals surface area contributed by atoms with Gasteiger partial charge in [-0.15, -0.1) is 0 Å². The summed E-state index contributed by atoms with van der Waals surface area (Å²) in [5.74, 6) is 0.893. The summed E-state index contributed by atoms with van der Waals surface area (Å²) < 4.78 is 0. The van der Waals surface area contributed by atoms with Gasteiger partial charge in [0.15, 0.2) is 0 Å². The Morgan fingerprint density at radius 2 is 2.16 bits per heavy atom. The molecule has 19 heavy (non-hydrogen) atoms. The summed E-state index contributed by atoms with van der Waals surface area (Å²) in [6, 6.07) is 2.00. The molecule has 0 bridgehead atoms. The Balaban J connectivity index is 1.90. The largest absolute Gasteiger partial charge is 0.325 e. The molecule has 1 saturated carbocycles. The van der Waals surface area contributed by atoms with Gasteiger partial charge in [0.05, 0.1) is 5.02 Å². The lowest BCUT2D eigenvalue weighted by Gasteiger charge is -2.37. The van der Waals surface area contributed by atoms with Gasteiger partial charge in [0, 0.05) is 17.9 Å². The summed E-state index contributed by atoms with van der Waals surface area (Å²) in [5.41, 5.74) is 7.65. The SMILES string of the molecule is CCCCC1CCC(N)(Cc2ccncc2Cl)CC1. The van der Waals surface area contributed by atoms with E-state index in [2.05, 4.69) is 11.9 Å². The summed E-state index contributed by atoms with van der Waals surface area (Å²) >= 11 is 6.18. The highest BCUT2D eigenvalue weighted by molar-refractivity contribution is 6.31. The molecule has 1 fully saturated rings. The number of pyridine rings is 1. The molecule has 0 atom stereocenters. The first kappa shape index (κ1) is 14.8. The molecule has 0 unspecified atom stereocenters. The van der Waals surface area contributed by atoms with Gasteiger partial charge in [-0.25, -0.2) is 0 Å². The minimum atomic E-state index is -0.0618. The average Bonchev–Trinajstić information content (AvgIpc) is 2.41. The third-order valence-electron chi connectivity index (χ3n) is 4.47. The van der Waals surface area contributed by atoms with Gasteiger partial charge in [-0.2, -0.15) is 0 Å². The summed E-state index contributed by atoms with van der Waals surface area (Å²) in [5, 5.41) is 0.750. The van der Waals surface area contributed by atoms with E-state index in [1.807, 2.05) is 6.07 Å². The van der Waals surface area contributed by atoms with Crippen LogP contribution in [0.1, 0.15) is 57.4 Å². The van der Waals surface area contributed by atoms with Crippen molar-refractivity contribution in [3.8, 4) is 0 Å². The lowest BCUT2D eigenvalue weighted by molar-refractivity contribution is 0.221. The van der Waals surface area contributed by atoms with Gasteiger partial charge in [-0.1, -0.05) is 37.8 Å². The predicted octanol–water partition coefficient (Wildman–Crippen LogP) is 4.36. The molecule has 2 rings (SSSR count). The third kappa shape index (κ3) is 4.19. The number of hydrogen-bond donors (Lipinski definition) is 1. The van der Waals surface area contributed by atoms with Gasteiger partial charge < -0.3 is 5.73 Å². The molecule has 0 aromatic carbocycles. The van der Waals surface area contributed by atoms with Gasteiger partial charge in [0.25, 0.3) is 0 Å². The van der Waals surface area contributed by atoms with E-state index >= 15 is 0 Å². The lowest BCUT2D eigenvalue weighted by Crippen LogP contribution is -2.45. The van der Waals surface area contributed by atoms with Crippen LogP contribution in [-0.2, 0) is 6.42 Å². The van der Waals surface area contributed by atoms with Crippen molar-refractivity contribution in [2.24, 2.45) is 11.7 Å². The van der Waals surface area contributed by atoms with E-state index in [1.165, 1.54) is 32.1 Å². The van der Waals surface area contributed by atoms with Crippen LogP contribution >= 0.6 is 11.6 Å². The first-order valence-electron chi connectivity index (χ1n) is 7.50. The van der Waals surface area contributed by atoms with E-state index in [-0.39, 0.29) is 5.54 Å². The monoisotopic (exact) mass is 280 g/mol. The predicted molar refractivity (Wildman–Crippen MR) is 81.4 cm³/mol. The van der Waals surface area contributed by atoms with Crippen molar-refractivity contribution in [1.82, 2.24) is 4.98 Å². The van der Waals surface area contributed by atoms with Crippen LogP contribution in [0.2, 0.25) is 5.02 Å². The van der Waals surface area contributed by atoms with Crippen molar-refractivity contribution in [2.45, 2.75) is 63.8 Å². The number of nitrogens with zero attached hydrogens (tertiary/aromatic N) is 1. The Kier molecular flexibility index (Phi) is 5.23. The quantitative estimate of drug-likeness (QED) is 0.870. The molecular weight excluding hydrogens is 256 g/mol. The van der Waals surface area contributed by atoms with Crippen LogP contribution in [0.3, 0.4) is 0 Å². The second-order valence-electron chi connectivity index (χ2n) is 6.09. The highest BCUT2D eigenvalue weighted by Crippen LogP contribution is 2.36. The van der Waals surface area contributed by atoms with Crippen LogP contribution < -0.4 is 5.73 Å². The maximum absolute atomic E-state index is 6.57. The first-order chi connectivity index (χ1) is 9.13. The second kappa shape index (κ2) is 6.71. The molecule has 0 spiro atoms. The van der Waals surface area contributed by atoms with Crippen LogP contribution in [-0.4, -0.2) is 10.5 Å². The molecule has 1 aliphatic carbocycles. The maximum Gasteiger partial charge on any atom is 0.0621 e. The number of aromatic nitrogens is 1. The van der Waals surface area contributed by atoms with E-state index in [9.17, 15) is 0 Å². The topological polar surface area (TPSA) is 38.9 Å². The molecule has 1 aromatic rings. The zero-order valence-electron chi connectivity index (χ0n) is 11.9. The molecule has 2 nitrogen and oxygen atoms in total. The molecule has 1 heterocycles. The van der Waals surface area contributed by atoms with Gasteiger partial charge in [-0.05, 0) is 49.7 Å². The van der Waals surface area contributed by atoms with E-state index in [0.29, 0.717) is 0 Å². The Bertz CT molecular complexity index is 397. The van der Waals surface area contributed by atoms with Gasteiger partial charge >= 0.3 is 0 Å². The molecule has 0 radical (unpaired) electrons. The summed E-state index contributed by atoms with van der Waals surface area (Å²) in [6.45, 7) is 2.27. The van der Waals surface area contributed by atoms with E-state index in [0.717, 1.165) is 35.8 Å². The number of unbranched alkanes of at least 4 members (excludes halogenated alkanes) is 1. The Hall–Kier alpha value is -0.600. The molecule has 3 heteroatoms. The smallest absolute Gasteiger partial charge is 0.0621 e. The molecule has 106 valence electrons. The van der Waals surface area contributed by atoms with E-state index in [4.69, 9.17) is 17.3 Å². The third-order valence-corrected chi connectivity index (χ3v) is 4.81. The molecule has 1 aliphatic rings. The zero-order valence-corrected chi connectivity index (χ0v) is 12.6. The molecule has 0 amide bonds. The number of hydrogen-bond acceptors (Lipinski definition) is 2. The fourth-order valence-corrected chi connectivity index (χ4v) is 3.32. The maximum atomic E-state index is 6.57. The molecular formula is C16H25ClN2. The summed E-state index contributed by atoms with van der Waals surface area (Å²) in [4.78, 5) is 4.03. The van der Waals surface area contributed by atoms with Crippen molar-refractivity contribution in [1.29, 1.82) is 0 Å². The van der Waals surface area contributed by atoms with Crippen molar-refractivity contribution in [3.63, 3.8) is 0 Å².